The third-order valence-electron chi connectivity index (χ3n) is 2.43. The fourth-order valence-electron chi connectivity index (χ4n) is 1.34. The Labute approximate surface area is 102 Å². The zero-order valence-electron chi connectivity index (χ0n) is 10.1. The van der Waals surface area contributed by atoms with Crippen LogP contribution in [0.1, 0.15) is 26.2 Å². The Morgan fingerprint density at radius 1 is 1.29 bits per heavy atom. The number of hydrogen-bond acceptors (Lipinski definition) is 5. The highest BCUT2D eigenvalue weighted by atomic mass is 32.2. The molecule has 0 radical (unpaired) electrons. The Balaban J connectivity index is 2.76. The van der Waals surface area contributed by atoms with Crippen LogP contribution < -0.4 is 5.73 Å². The maximum Gasteiger partial charge on any atom is 0.245 e. The fourth-order valence-corrected chi connectivity index (χ4v) is 2.45. The van der Waals surface area contributed by atoms with E-state index in [9.17, 15) is 8.42 Å². The molecule has 0 atom stereocenters. The summed E-state index contributed by atoms with van der Waals surface area (Å²) in [5.41, 5.74) is 5.31. The second-order valence-electron chi connectivity index (χ2n) is 3.81. The third kappa shape index (κ3) is 3.64. The van der Waals surface area contributed by atoms with E-state index < -0.39 is 10.0 Å². The summed E-state index contributed by atoms with van der Waals surface area (Å²) < 4.78 is 25.4. The summed E-state index contributed by atoms with van der Waals surface area (Å²) in [5.74, 6) is 0.0672. The Kier molecular flexibility index (Phi) is 4.83. The Morgan fingerprint density at radius 2 is 1.88 bits per heavy atom. The monoisotopic (exact) mass is 258 g/mol. The van der Waals surface area contributed by atoms with Gasteiger partial charge in [-0.15, -0.1) is 0 Å². The van der Waals surface area contributed by atoms with Crippen molar-refractivity contribution >= 4 is 16.0 Å². The molecule has 0 bridgehead atoms. The number of aromatic nitrogens is 2. The highest BCUT2D eigenvalue weighted by Gasteiger charge is 2.20. The molecule has 1 rings (SSSR count). The first-order valence-electron chi connectivity index (χ1n) is 5.52. The SMILES string of the molecule is CCCCCN(C)S(=O)(=O)c1cnc(N)nc1. The number of anilines is 1. The molecule has 1 heterocycles. The van der Waals surface area contributed by atoms with Gasteiger partial charge < -0.3 is 5.73 Å². The van der Waals surface area contributed by atoms with Crippen LogP contribution in [0.3, 0.4) is 0 Å². The van der Waals surface area contributed by atoms with Crippen LogP contribution in [0.4, 0.5) is 5.95 Å². The van der Waals surface area contributed by atoms with Crippen molar-refractivity contribution < 1.29 is 8.42 Å². The summed E-state index contributed by atoms with van der Waals surface area (Å²) >= 11 is 0. The van der Waals surface area contributed by atoms with Crippen LogP contribution in [0, 0.1) is 0 Å². The van der Waals surface area contributed by atoms with Gasteiger partial charge in [0.05, 0.1) is 12.4 Å². The lowest BCUT2D eigenvalue weighted by atomic mass is 10.2. The molecule has 17 heavy (non-hydrogen) atoms. The van der Waals surface area contributed by atoms with Crippen molar-refractivity contribution in [2.75, 3.05) is 19.3 Å². The largest absolute Gasteiger partial charge is 0.368 e. The summed E-state index contributed by atoms with van der Waals surface area (Å²) in [4.78, 5) is 7.44. The molecular formula is C10H18N4O2S. The van der Waals surface area contributed by atoms with Crippen molar-refractivity contribution in [3.63, 3.8) is 0 Å². The van der Waals surface area contributed by atoms with Gasteiger partial charge in [0, 0.05) is 13.6 Å². The van der Waals surface area contributed by atoms with Crippen LogP contribution in [0.2, 0.25) is 0 Å². The van der Waals surface area contributed by atoms with E-state index in [-0.39, 0.29) is 10.8 Å². The lowest BCUT2D eigenvalue weighted by molar-refractivity contribution is 0.454. The minimum absolute atomic E-state index is 0.0672. The number of sulfonamides is 1. The first-order chi connectivity index (χ1) is 7.98. The van der Waals surface area contributed by atoms with E-state index in [1.807, 2.05) is 0 Å². The summed E-state index contributed by atoms with van der Waals surface area (Å²) in [5, 5.41) is 0. The number of unbranched alkanes of at least 4 members (excludes halogenated alkanes) is 2. The molecule has 96 valence electrons. The molecule has 1 aromatic heterocycles. The molecule has 0 saturated heterocycles. The second-order valence-corrected chi connectivity index (χ2v) is 5.86. The van der Waals surface area contributed by atoms with Crippen molar-refractivity contribution in [3.05, 3.63) is 12.4 Å². The van der Waals surface area contributed by atoms with Crippen molar-refractivity contribution in [3.8, 4) is 0 Å². The van der Waals surface area contributed by atoms with Crippen LogP contribution in [0.25, 0.3) is 0 Å². The van der Waals surface area contributed by atoms with Gasteiger partial charge in [0.2, 0.25) is 16.0 Å². The molecular weight excluding hydrogens is 240 g/mol. The number of hydrogen-bond donors (Lipinski definition) is 1. The Morgan fingerprint density at radius 3 is 2.41 bits per heavy atom. The minimum Gasteiger partial charge on any atom is -0.368 e. The van der Waals surface area contributed by atoms with E-state index in [0.717, 1.165) is 19.3 Å². The van der Waals surface area contributed by atoms with Gasteiger partial charge in [0.15, 0.2) is 0 Å². The number of rotatable bonds is 6. The third-order valence-corrected chi connectivity index (χ3v) is 4.24. The van der Waals surface area contributed by atoms with E-state index in [4.69, 9.17) is 5.73 Å². The molecule has 0 saturated carbocycles. The quantitative estimate of drug-likeness (QED) is 0.765. The van der Waals surface area contributed by atoms with Gasteiger partial charge in [0.25, 0.3) is 0 Å². The highest BCUT2D eigenvalue weighted by Crippen LogP contribution is 2.13. The van der Waals surface area contributed by atoms with Crippen LogP contribution >= 0.6 is 0 Å². The average molecular weight is 258 g/mol. The minimum atomic E-state index is -3.48. The van der Waals surface area contributed by atoms with Gasteiger partial charge >= 0.3 is 0 Å². The van der Waals surface area contributed by atoms with Gasteiger partial charge in [-0.2, -0.15) is 0 Å². The summed E-state index contributed by atoms with van der Waals surface area (Å²) in [7, 11) is -1.93. The molecule has 0 fully saturated rings. The molecule has 0 aliphatic carbocycles. The molecule has 1 aromatic rings. The highest BCUT2D eigenvalue weighted by molar-refractivity contribution is 7.89. The maximum atomic E-state index is 12.0. The van der Waals surface area contributed by atoms with Gasteiger partial charge in [-0.1, -0.05) is 19.8 Å². The lowest BCUT2D eigenvalue weighted by Crippen LogP contribution is -2.28. The van der Waals surface area contributed by atoms with Gasteiger partial charge in [-0.25, -0.2) is 22.7 Å². The van der Waals surface area contributed by atoms with Crippen molar-refractivity contribution in [1.29, 1.82) is 0 Å². The second kappa shape index (κ2) is 5.92. The van der Waals surface area contributed by atoms with Crippen LogP contribution in [-0.4, -0.2) is 36.3 Å². The lowest BCUT2D eigenvalue weighted by Gasteiger charge is -2.16. The van der Waals surface area contributed by atoms with Crippen LogP contribution in [0.15, 0.2) is 17.3 Å². The molecule has 0 aromatic carbocycles. The van der Waals surface area contributed by atoms with Crippen molar-refractivity contribution in [2.24, 2.45) is 0 Å². The molecule has 0 amide bonds. The zero-order chi connectivity index (χ0) is 12.9. The van der Waals surface area contributed by atoms with E-state index in [0.29, 0.717) is 6.54 Å². The summed E-state index contributed by atoms with van der Waals surface area (Å²) in [6.45, 7) is 2.57. The normalized spacial score (nSPS) is 11.9. The van der Waals surface area contributed by atoms with Crippen molar-refractivity contribution in [2.45, 2.75) is 31.1 Å². The van der Waals surface area contributed by atoms with E-state index >= 15 is 0 Å². The van der Waals surface area contributed by atoms with Crippen molar-refractivity contribution in [1.82, 2.24) is 14.3 Å². The number of nitrogens with two attached hydrogens (primary N) is 1. The number of nitrogens with zero attached hydrogens (tertiary/aromatic N) is 3. The smallest absolute Gasteiger partial charge is 0.245 e. The molecule has 7 heteroatoms. The van der Waals surface area contributed by atoms with E-state index in [1.165, 1.54) is 16.7 Å². The molecule has 0 aliphatic rings. The molecule has 0 aliphatic heterocycles. The predicted octanol–water partition coefficient (Wildman–Crippen LogP) is 0.869. The van der Waals surface area contributed by atoms with E-state index in [1.54, 1.807) is 7.05 Å². The summed E-state index contributed by atoms with van der Waals surface area (Å²) in [6, 6.07) is 0. The van der Waals surface area contributed by atoms with E-state index in [2.05, 4.69) is 16.9 Å². The standard InChI is InChI=1S/C10H18N4O2S/c1-3-4-5-6-14(2)17(15,16)9-7-12-10(11)13-8-9/h7-8H,3-6H2,1-2H3,(H2,11,12,13). The Hall–Kier alpha value is -1.21. The van der Waals surface area contributed by atoms with Gasteiger partial charge in [0.1, 0.15) is 4.90 Å². The first-order valence-corrected chi connectivity index (χ1v) is 6.96. The van der Waals surface area contributed by atoms with Crippen LogP contribution in [-0.2, 0) is 10.0 Å². The predicted molar refractivity (Wildman–Crippen MR) is 65.8 cm³/mol. The molecule has 2 N–H and O–H groups in total. The average Bonchev–Trinajstić information content (AvgIpc) is 2.29. The Bertz CT molecular complexity index is 444. The van der Waals surface area contributed by atoms with Gasteiger partial charge in [-0.05, 0) is 6.42 Å². The maximum absolute atomic E-state index is 12.0. The fraction of sp³-hybridized carbons (Fsp3) is 0.600. The van der Waals surface area contributed by atoms with Gasteiger partial charge in [-0.3, -0.25) is 0 Å². The molecule has 6 nitrogen and oxygen atoms in total. The topological polar surface area (TPSA) is 89.2 Å². The molecule has 0 spiro atoms. The van der Waals surface area contributed by atoms with Crippen LogP contribution in [0.5, 0.6) is 0 Å². The summed E-state index contributed by atoms with van der Waals surface area (Å²) in [6.07, 6.45) is 5.38. The molecule has 0 unspecified atom stereocenters. The zero-order valence-corrected chi connectivity index (χ0v) is 10.9. The first kappa shape index (κ1) is 13.9. The number of nitrogen functional groups attached to an aromatic ring is 1.